The number of carbonyl (C=O) groups excluding carboxylic acids is 2. The first-order valence-corrected chi connectivity index (χ1v) is 6.71. The van der Waals surface area contributed by atoms with Crippen LogP contribution in [0.4, 0.5) is 5.69 Å². The minimum atomic E-state index is -0.666. The molecule has 0 spiro atoms. The largest absolute Gasteiger partial charge is 0.394 e. The summed E-state index contributed by atoms with van der Waals surface area (Å²) in [5, 5.41) is 11.9. The molecule has 0 bridgehead atoms. The van der Waals surface area contributed by atoms with Gasteiger partial charge in [0.1, 0.15) is 0 Å². The van der Waals surface area contributed by atoms with E-state index in [1.54, 1.807) is 18.7 Å². The first-order chi connectivity index (χ1) is 9.43. The van der Waals surface area contributed by atoms with Crippen molar-refractivity contribution in [3.8, 4) is 0 Å². The molecule has 1 aromatic rings. The zero-order valence-electron chi connectivity index (χ0n) is 11.8. The molecule has 1 unspecified atom stereocenters. The highest BCUT2D eigenvalue weighted by atomic mass is 16.3. The Morgan fingerprint density at radius 3 is 2.65 bits per heavy atom. The van der Waals surface area contributed by atoms with Crippen LogP contribution in [0, 0.1) is 5.92 Å². The van der Waals surface area contributed by atoms with E-state index in [-0.39, 0.29) is 30.8 Å². The van der Waals surface area contributed by atoms with Crippen molar-refractivity contribution in [1.29, 1.82) is 0 Å². The number of benzene rings is 1. The minimum absolute atomic E-state index is 0.0434. The van der Waals surface area contributed by atoms with Crippen LogP contribution in [0.2, 0.25) is 0 Å². The molecule has 20 heavy (non-hydrogen) atoms. The number of rotatable bonds is 4. The highest BCUT2D eigenvalue weighted by molar-refractivity contribution is 6.00. The van der Waals surface area contributed by atoms with Gasteiger partial charge in [0.15, 0.2) is 0 Å². The van der Waals surface area contributed by atoms with Crippen molar-refractivity contribution in [3.63, 3.8) is 0 Å². The molecule has 1 saturated heterocycles. The third-order valence-corrected chi connectivity index (χ3v) is 3.42. The van der Waals surface area contributed by atoms with Gasteiger partial charge in [-0.2, -0.15) is 0 Å². The maximum Gasteiger partial charge on any atom is 0.227 e. The Hall–Kier alpha value is -1.88. The van der Waals surface area contributed by atoms with Crippen LogP contribution in [-0.2, 0) is 9.59 Å². The first-order valence-electron chi connectivity index (χ1n) is 6.71. The second kappa shape index (κ2) is 5.63. The quantitative estimate of drug-likeness (QED) is 0.859. The van der Waals surface area contributed by atoms with Gasteiger partial charge in [0.2, 0.25) is 11.8 Å². The lowest BCUT2D eigenvalue weighted by molar-refractivity contribution is -0.128. The van der Waals surface area contributed by atoms with Gasteiger partial charge in [0.25, 0.3) is 0 Å². The molecule has 5 heteroatoms. The number of amides is 2. The van der Waals surface area contributed by atoms with Crippen LogP contribution in [0.15, 0.2) is 30.3 Å². The Kier molecular flexibility index (Phi) is 4.09. The second-order valence-electron chi connectivity index (χ2n) is 5.77. The predicted molar refractivity (Wildman–Crippen MR) is 76.2 cm³/mol. The van der Waals surface area contributed by atoms with E-state index in [4.69, 9.17) is 0 Å². The molecule has 1 aromatic carbocycles. The summed E-state index contributed by atoms with van der Waals surface area (Å²) < 4.78 is 0. The number of aliphatic hydroxyl groups excluding tert-OH is 1. The van der Waals surface area contributed by atoms with E-state index in [9.17, 15) is 14.7 Å². The molecule has 1 atom stereocenters. The highest BCUT2D eigenvalue weighted by Crippen LogP contribution is 2.25. The molecule has 0 aromatic heterocycles. The zero-order valence-corrected chi connectivity index (χ0v) is 11.8. The Morgan fingerprint density at radius 1 is 1.40 bits per heavy atom. The lowest BCUT2D eigenvalue weighted by Gasteiger charge is -2.25. The van der Waals surface area contributed by atoms with Gasteiger partial charge in [0.05, 0.1) is 18.1 Å². The maximum atomic E-state index is 12.1. The molecule has 0 radical (unpaired) electrons. The van der Waals surface area contributed by atoms with Crippen LogP contribution in [0.3, 0.4) is 0 Å². The number of nitrogens with one attached hydrogen (secondary N) is 1. The molecule has 1 aliphatic rings. The summed E-state index contributed by atoms with van der Waals surface area (Å²) in [6.45, 7) is 3.74. The Labute approximate surface area is 118 Å². The van der Waals surface area contributed by atoms with Crippen molar-refractivity contribution in [2.75, 3.05) is 18.1 Å². The van der Waals surface area contributed by atoms with Gasteiger partial charge < -0.3 is 15.3 Å². The van der Waals surface area contributed by atoms with Gasteiger partial charge >= 0.3 is 0 Å². The molecule has 1 aliphatic heterocycles. The molecule has 0 saturated carbocycles. The molecule has 0 aliphatic carbocycles. The summed E-state index contributed by atoms with van der Waals surface area (Å²) >= 11 is 0. The van der Waals surface area contributed by atoms with Gasteiger partial charge in [-0.15, -0.1) is 0 Å². The van der Waals surface area contributed by atoms with E-state index >= 15 is 0 Å². The second-order valence-corrected chi connectivity index (χ2v) is 5.77. The van der Waals surface area contributed by atoms with Gasteiger partial charge in [-0.05, 0) is 26.0 Å². The molecule has 2 rings (SSSR count). The van der Waals surface area contributed by atoms with Gasteiger partial charge in [0, 0.05) is 18.7 Å². The summed E-state index contributed by atoms with van der Waals surface area (Å²) in [6, 6.07) is 9.33. The summed E-state index contributed by atoms with van der Waals surface area (Å²) in [5.41, 5.74) is 0.148. The summed E-state index contributed by atoms with van der Waals surface area (Å²) in [6.07, 6.45) is 0.211. The third-order valence-electron chi connectivity index (χ3n) is 3.42. The highest BCUT2D eigenvalue weighted by Gasteiger charge is 2.36. The third kappa shape index (κ3) is 3.17. The zero-order chi connectivity index (χ0) is 14.8. The number of carbonyl (C=O) groups is 2. The van der Waals surface area contributed by atoms with Crippen LogP contribution in [0.1, 0.15) is 20.3 Å². The minimum Gasteiger partial charge on any atom is -0.394 e. The van der Waals surface area contributed by atoms with E-state index in [0.29, 0.717) is 6.54 Å². The number of hydrogen-bond acceptors (Lipinski definition) is 3. The van der Waals surface area contributed by atoms with E-state index < -0.39 is 5.54 Å². The van der Waals surface area contributed by atoms with Crippen LogP contribution in [0.5, 0.6) is 0 Å². The Morgan fingerprint density at radius 2 is 2.05 bits per heavy atom. The monoisotopic (exact) mass is 276 g/mol. The van der Waals surface area contributed by atoms with Crippen LogP contribution < -0.4 is 10.2 Å². The maximum absolute atomic E-state index is 12.1. The van der Waals surface area contributed by atoms with Crippen molar-refractivity contribution >= 4 is 17.5 Å². The standard InChI is InChI=1S/C15H20N2O3/c1-15(2,10-18)16-14(20)11-8-13(19)17(9-11)12-6-4-3-5-7-12/h3-7,11,18H,8-10H2,1-2H3,(H,16,20). The number of nitrogens with zero attached hydrogens (tertiary/aromatic N) is 1. The molecule has 2 amide bonds. The molecule has 1 heterocycles. The fraction of sp³-hybridized carbons (Fsp3) is 0.467. The lowest BCUT2D eigenvalue weighted by atomic mass is 10.0. The normalized spacial score (nSPS) is 19.2. The fourth-order valence-corrected chi connectivity index (χ4v) is 2.22. The molecule has 108 valence electrons. The van der Waals surface area contributed by atoms with Gasteiger partial charge in [-0.3, -0.25) is 9.59 Å². The van der Waals surface area contributed by atoms with Crippen molar-refractivity contribution in [1.82, 2.24) is 5.32 Å². The van der Waals surface area contributed by atoms with Gasteiger partial charge in [-0.1, -0.05) is 18.2 Å². The fourth-order valence-electron chi connectivity index (χ4n) is 2.22. The molecular weight excluding hydrogens is 256 g/mol. The van der Waals surface area contributed by atoms with E-state index in [1.165, 1.54) is 0 Å². The van der Waals surface area contributed by atoms with Crippen molar-refractivity contribution < 1.29 is 14.7 Å². The number of para-hydroxylation sites is 1. The lowest BCUT2D eigenvalue weighted by Crippen LogP contribution is -2.49. The number of aliphatic hydroxyl groups is 1. The SMILES string of the molecule is CC(C)(CO)NC(=O)C1CC(=O)N(c2ccccc2)C1. The molecule has 1 fully saturated rings. The van der Waals surface area contributed by atoms with Crippen molar-refractivity contribution in [2.24, 2.45) is 5.92 Å². The summed E-state index contributed by atoms with van der Waals surface area (Å²) in [7, 11) is 0. The smallest absolute Gasteiger partial charge is 0.227 e. The van der Waals surface area contributed by atoms with Crippen LogP contribution in [-0.4, -0.2) is 35.6 Å². The average Bonchev–Trinajstić information content (AvgIpc) is 2.81. The molecule has 5 nitrogen and oxygen atoms in total. The van der Waals surface area contributed by atoms with Gasteiger partial charge in [-0.25, -0.2) is 0 Å². The Balaban J connectivity index is 2.04. The van der Waals surface area contributed by atoms with Crippen LogP contribution >= 0.6 is 0 Å². The Bertz CT molecular complexity index is 499. The summed E-state index contributed by atoms with van der Waals surface area (Å²) in [5.74, 6) is -0.595. The van der Waals surface area contributed by atoms with Crippen molar-refractivity contribution in [3.05, 3.63) is 30.3 Å². The summed E-state index contributed by atoms with van der Waals surface area (Å²) in [4.78, 5) is 25.8. The first kappa shape index (κ1) is 14.5. The molecular formula is C15H20N2O3. The van der Waals surface area contributed by atoms with Crippen molar-refractivity contribution in [2.45, 2.75) is 25.8 Å². The van der Waals surface area contributed by atoms with E-state index in [1.807, 2.05) is 30.3 Å². The van der Waals surface area contributed by atoms with E-state index in [0.717, 1.165) is 5.69 Å². The average molecular weight is 276 g/mol. The van der Waals surface area contributed by atoms with E-state index in [2.05, 4.69) is 5.32 Å². The number of hydrogen-bond donors (Lipinski definition) is 2. The predicted octanol–water partition coefficient (Wildman–Crippen LogP) is 0.927. The molecule has 2 N–H and O–H groups in total. The topological polar surface area (TPSA) is 69.6 Å². The number of anilines is 1. The van der Waals surface area contributed by atoms with Crippen LogP contribution in [0.25, 0.3) is 0 Å².